The number of aliphatic hydroxyl groups excluding tert-OH is 1. The van der Waals surface area contributed by atoms with E-state index >= 15 is 0 Å². The van der Waals surface area contributed by atoms with Gasteiger partial charge < -0.3 is 29.3 Å². The van der Waals surface area contributed by atoms with Crippen molar-refractivity contribution < 1.29 is 14.6 Å². The highest BCUT2D eigenvalue weighted by Gasteiger charge is 2.26. The van der Waals surface area contributed by atoms with Crippen LogP contribution in [0.4, 0.5) is 11.8 Å². The fraction of sp³-hybridized carbons (Fsp3) is 0.480. The molecule has 0 bridgehead atoms. The van der Waals surface area contributed by atoms with Crippen LogP contribution in [0.2, 0.25) is 0 Å². The molecule has 4 heterocycles. The molecule has 9 heteroatoms. The fourth-order valence-corrected chi connectivity index (χ4v) is 4.61. The Kier molecular flexibility index (Phi) is 6.49. The molecule has 5 rings (SSSR count). The molecule has 2 saturated heterocycles. The first-order valence-electron chi connectivity index (χ1n) is 11.8. The number of benzene rings is 1. The van der Waals surface area contributed by atoms with Crippen LogP contribution in [0.1, 0.15) is 12.5 Å². The van der Waals surface area contributed by atoms with Gasteiger partial charge in [-0.15, -0.1) is 0 Å². The van der Waals surface area contributed by atoms with Crippen LogP contribution in [0, 0.1) is 0 Å². The summed E-state index contributed by atoms with van der Waals surface area (Å²) in [6, 6.07) is 10.0. The minimum absolute atomic E-state index is 0.0978. The second-order valence-electron chi connectivity index (χ2n) is 9.01. The number of ether oxygens (including phenoxy) is 2. The lowest BCUT2D eigenvalue weighted by atomic mass is 10.1. The first-order chi connectivity index (χ1) is 16.6. The van der Waals surface area contributed by atoms with Crippen LogP contribution in [0.3, 0.4) is 0 Å². The topological polar surface area (TPSA) is 87.1 Å². The van der Waals surface area contributed by atoms with Gasteiger partial charge in [0, 0.05) is 43.9 Å². The summed E-state index contributed by atoms with van der Waals surface area (Å²) in [7, 11) is 3.75. The Labute approximate surface area is 199 Å². The van der Waals surface area contributed by atoms with Crippen LogP contribution in [-0.4, -0.2) is 91.1 Å². The zero-order valence-electron chi connectivity index (χ0n) is 20.1. The van der Waals surface area contributed by atoms with Gasteiger partial charge in [-0.2, -0.15) is 9.97 Å². The Bertz CT molecular complexity index is 1160. The van der Waals surface area contributed by atoms with Gasteiger partial charge in [0.05, 0.1) is 44.1 Å². The van der Waals surface area contributed by atoms with Gasteiger partial charge >= 0.3 is 0 Å². The molecule has 2 aliphatic heterocycles. The molecule has 2 aromatic heterocycles. The predicted octanol–water partition coefficient (Wildman–Crippen LogP) is 2.17. The maximum Gasteiger partial charge on any atom is 0.229 e. The summed E-state index contributed by atoms with van der Waals surface area (Å²) >= 11 is 0. The summed E-state index contributed by atoms with van der Waals surface area (Å²) in [5.41, 5.74) is 3.11. The molecule has 34 heavy (non-hydrogen) atoms. The molecule has 0 aliphatic carbocycles. The van der Waals surface area contributed by atoms with Gasteiger partial charge in [0.1, 0.15) is 11.6 Å². The number of anilines is 2. The number of pyridine rings is 1. The second-order valence-corrected chi connectivity index (χ2v) is 9.01. The van der Waals surface area contributed by atoms with Crippen LogP contribution in [0.15, 0.2) is 30.3 Å². The summed E-state index contributed by atoms with van der Waals surface area (Å²) in [6.07, 6.45) is 0. The lowest BCUT2D eigenvalue weighted by Gasteiger charge is -2.36. The molecule has 2 aliphatic rings. The van der Waals surface area contributed by atoms with E-state index < -0.39 is 0 Å². The average Bonchev–Trinajstić information content (AvgIpc) is 2.88. The molecule has 0 unspecified atom stereocenters. The highest BCUT2D eigenvalue weighted by Crippen LogP contribution is 2.32. The lowest BCUT2D eigenvalue weighted by molar-refractivity contribution is 0.0987. The molecule has 1 aromatic carbocycles. The van der Waals surface area contributed by atoms with Gasteiger partial charge in [0.25, 0.3) is 0 Å². The number of likely N-dealkylation sites (N-methyl/N-ethyl adjacent to an activating group) is 1. The van der Waals surface area contributed by atoms with E-state index in [1.54, 1.807) is 7.11 Å². The number of morpholine rings is 1. The molecule has 1 N–H and O–H groups in total. The smallest absolute Gasteiger partial charge is 0.229 e. The lowest BCUT2D eigenvalue weighted by Crippen LogP contribution is -2.46. The number of hydrogen-bond acceptors (Lipinski definition) is 9. The average molecular weight is 465 g/mol. The number of hydrogen-bond donors (Lipinski definition) is 1. The molecule has 0 radical (unpaired) electrons. The van der Waals surface area contributed by atoms with Gasteiger partial charge in [0.2, 0.25) is 5.95 Å². The molecule has 180 valence electrons. The van der Waals surface area contributed by atoms with Gasteiger partial charge in [-0.1, -0.05) is 0 Å². The van der Waals surface area contributed by atoms with Crippen molar-refractivity contribution in [3.63, 3.8) is 0 Å². The minimum atomic E-state index is -0.0978. The van der Waals surface area contributed by atoms with E-state index in [4.69, 9.17) is 24.4 Å². The van der Waals surface area contributed by atoms with Crippen LogP contribution >= 0.6 is 0 Å². The monoisotopic (exact) mass is 464 g/mol. The third kappa shape index (κ3) is 4.38. The van der Waals surface area contributed by atoms with Crippen molar-refractivity contribution in [3.05, 3.63) is 35.9 Å². The molecular formula is C25H32N6O3. The molecule has 0 spiro atoms. The summed E-state index contributed by atoms with van der Waals surface area (Å²) in [5, 5.41) is 10.7. The number of rotatable bonds is 5. The predicted molar refractivity (Wildman–Crippen MR) is 133 cm³/mol. The normalized spacial score (nSPS) is 19.6. The van der Waals surface area contributed by atoms with Crippen LogP contribution < -0.4 is 14.5 Å². The first kappa shape index (κ1) is 22.8. The number of nitrogens with zero attached hydrogens (tertiary/aromatic N) is 6. The zero-order valence-corrected chi connectivity index (χ0v) is 20.1. The van der Waals surface area contributed by atoms with Crippen molar-refractivity contribution >= 4 is 22.8 Å². The second kappa shape index (κ2) is 9.69. The van der Waals surface area contributed by atoms with E-state index in [2.05, 4.69) is 34.7 Å². The molecule has 3 aromatic rings. The Morgan fingerprint density at radius 1 is 1.06 bits per heavy atom. The highest BCUT2D eigenvalue weighted by molar-refractivity contribution is 5.90. The maximum atomic E-state index is 9.75. The van der Waals surface area contributed by atoms with Crippen molar-refractivity contribution in [2.45, 2.75) is 19.6 Å². The van der Waals surface area contributed by atoms with Gasteiger partial charge in [-0.25, -0.2) is 4.98 Å². The van der Waals surface area contributed by atoms with E-state index in [0.717, 1.165) is 66.7 Å². The molecular weight excluding hydrogens is 432 g/mol. The third-order valence-electron chi connectivity index (χ3n) is 6.70. The number of aliphatic hydroxyl groups is 1. The summed E-state index contributed by atoms with van der Waals surface area (Å²) < 4.78 is 11.0. The van der Waals surface area contributed by atoms with Crippen LogP contribution in [0.25, 0.3) is 22.3 Å². The highest BCUT2D eigenvalue weighted by atomic mass is 16.5. The molecule has 9 nitrogen and oxygen atoms in total. The standard InChI is InChI=1S/C25H32N6O3/c1-17-16-34-13-12-31(17)24-20-5-6-21(18-4-7-22(33-3)19(14-18)15-32)26-23(20)27-25(28-24)30-10-8-29(2)9-11-30/h4-7,14,17,32H,8-13,15-16H2,1-3H3/t17-/m0/s1. The van der Waals surface area contributed by atoms with Gasteiger partial charge in [0.15, 0.2) is 5.65 Å². The van der Waals surface area contributed by atoms with E-state index in [-0.39, 0.29) is 12.6 Å². The molecule has 1 atom stereocenters. The Hall–Kier alpha value is -3.01. The third-order valence-corrected chi connectivity index (χ3v) is 6.70. The van der Waals surface area contributed by atoms with Crippen molar-refractivity contribution in [1.82, 2.24) is 19.9 Å². The largest absolute Gasteiger partial charge is 0.496 e. The first-order valence-corrected chi connectivity index (χ1v) is 11.8. The van der Waals surface area contributed by atoms with Crippen molar-refractivity contribution in [2.75, 3.05) is 69.9 Å². The molecule has 0 amide bonds. The van der Waals surface area contributed by atoms with Crippen molar-refractivity contribution in [2.24, 2.45) is 0 Å². The number of methoxy groups -OCH3 is 1. The minimum Gasteiger partial charge on any atom is -0.496 e. The number of fused-ring (bicyclic) bond motifs is 1. The van der Waals surface area contributed by atoms with E-state index in [1.807, 2.05) is 24.3 Å². The van der Waals surface area contributed by atoms with Crippen molar-refractivity contribution in [1.29, 1.82) is 0 Å². The van der Waals surface area contributed by atoms with E-state index in [9.17, 15) is 5.11 Å². The zero-order chi connectivity index (χ0) is 23.7. The van der Waals surface area contributed by atoms with Crippen molar-refractivity contribution in [3.8, 4) is 17.0 Å². The SMILES string of the molecule is COc1ccc(-c2ccc3c(N4CCOC[C@@H]4C)nc(N4CCN(C)CC4)nc3n2)cc1CO. The molecule has 0 saturated carbocycles. The summed E-state index contributed by atoms with van der Waals surface area (Å²) in [5.74, 6) is 2.31. The van der Waals surface area contributed by atoms with E-state index in [0.29, 0.717) is 24.6 Å². The van der Waals surface area contributed by atoms with Crippen LogP contribution in [-0.2, 0) is 11.3 Å². The van der Waals surface area contributed by atoms with Crippen LogP contribution in [0.5, 0.6) is 5.75 Å². The summed E-state index contributed by atoms with van der Waals surface area (Å²) in [6.45, 7) is 7.95. The number of aromatic nitrogens is 3. The fourth-order valence-electron chi connectivity index (χ4n) is 4.61. The van der Waals surface area contributed by atoms with E-state index in [1.165, 1.54) is 0 Å². The molecule has 2 fully saturated rings. The Balaban J connectivity index is 1.61. The quantitative estimate of drug-likeness (QED) is 0.610. The Morgan fingerprint density at radius 2 is 1.88 bits per heavy atom. The van der Waals surface area contributed by atoms with Gasteiger partial charge in [-0.3, -0.25) is 0 Å². The van der Waals surface area contributed by atoms with Gasteiger partial charge in [-0.05, 0) is 44.3 Å². The number of piperazine rings is 1. The Morgan fingerprint density at radius 3 is 2.62 bits per heavy atom. The summed E-state index contributed by atoms with van der Waals surface area (Å²) in [4.78, 5) is 21.8. The maximum absolute atomic E-state index is 9.75.